The third-order valence-corrected chi connectivity index (χ3v) is 2.26. The fourth-order valence-corrected chi connectivity index (χ4v) is 1.46. The second kappa shape index (κ2) is 3.88. The van der Waals surface area contributed by atoms with E-state index in [2.05, 4.69) is 10.1 Å². The van der Waals surface area contributed by atoms with Crippen LogP contribution in [0.3, 0.4) is 0 Å². The highest BCUT2D eigenvalue weighted by molar-refractivity contribution is 6.32. The lowest BCUT2D eigenvalue weighted by Gasteiger charge is -2.00. The van der Waals surface area contributed by atoms with Crippen molar-refractivity contribution >= 4 is 11.6 Å². The molecule has 0 radical (unpaired) electrons. The zero-order valence-corrected chi connectivity index (χ0v) is 8.53. The van der Waals surface area contributed by atoms with Crippen LogP contribution < -0.4 is 11.4 Å². The van der Waals surface area contributed by atoms with Gasteiger partial charge in [0.1, 0.15) is 5.82 Å². The van der Waals surface area contributed by atoms with Crippen LogP contribution >= 0.6 is 11.6 Å². The molecular weight excluding hydrogens is 216 g/mol. The van der Waals surface area contributed by atoms with Gasteiger partial charge in [0.15, 0.2) is 0 Å². The van der Waals surface area contributed by atoms with Crippen molar-refractivity contribution in [2.45, 2.75) is 6.54 Å². The summed E-state index contributed by atoms with van der Waals surface area (Å²) in [6.45, 7) is 0.187. The molecule has 78 valence electrons. The number of aromatic amines is 1. The molecule has 2 aromatic rings. The lowest BCUT2D eigenvalue weighted by Crippen LogP contribution is -2.16. The first-order chi connectivity index (χ1) is 7.22. The Labute approximate surface area is 90.5 Å². The first-order valence-electron chi connectivity index (χ1n) is 4.35. The number of rotatable bonds is 2. The molecular formula is C9H9ClN4O. The molecule has 1 aromatic heterocycles. The van der Waals surface area contributed by atoms with E-state index in [4.69, 9.17) is 17.3 Å². The van der Waals surface area contributed by atoms with Crippen molar-refractivity contribution in [2.75, 3.05) is 0 Å². The Morgan fingerprint density at radius 1 is 1.47 bits per heavy atom. The van der Waals surface area contributed by atoms with Gasteiger partial charge in [0.05, 0.1) is 17.3 Å². The number of hydrogen-bond acceptors (Lipinski definition) is 3. The molecule has 0 aliphatic rings. The first kappa shape index (κ1) is 9.95. The van der Waals surface area contributed by atoms with Gasteiger partial charge in [0.25, 0.3) is 0 Å². The molecule has 15 heavy (non-hydrogen) atoms. The Morgan fingerprint density at radius 2 is 2.20 bits per heavy atom. The van der Waals surface area contributed by atoms with Gasteiger partial charge in [-0.15, -0.1) is 5.10 Å². The molecule has 1 aromatic carbocycles. The number of aromatic nitrogens is 3. The number of H-pyrrole nitrogens is 1. The highest BCUT2D eigenvalue weighted by Gasteiger charge is 2.08. The minimum Gasteiger partial charge on any atom is -0.324 e. The van der Waals surface area contributed by atoms with Crippen LogP contribution in [-0.2, 0) is 6.54 Å². The monoisotopic (exact) mass is 224 g/mol. The van der Waals surface area contributed by atoms with Crippen molar-refractivity contribution in [1.29, 1.82) is 0 Å². The summed E-state index contributed by atoms with van der Waals surface area (Å²) in [7, 11) is 0. The van der Waals surface area contributed by atoms with Gasteiger partial charge in [-0.3, -0.25) is 4.98 Å². The highest BCUT2D eigenvalue weighted by atomic mass is 35.5. The maximum absolute atomic E-state index is 11.5. The molecule has 0 atom stereocenters. The van der Waals surface area contributed by atoms with Crippen molar-refractivity contribution in [3.05, 3.63) is 45.6 Å². The van der Waals surface area contributed by atoms with Crippen molar-refractivity contribution in [3.63, 3.8) is 0 Å². The standard InChI is InChI=1S/C9H9ClN4O/c10-6-3-1-2-4-7(6)14-9(15)12-8(5-11)13-14/h1-4H,5,11H2,(H,12,13,15). The molecule has 0 amide bonds. The van der Waals surface area contributed by atoms with Crippen LogP contribution in [-0.4, -0.2) is 14.8 Å². The summed E-state index contributed by atoms with van der Waals surface area (Å²) in [6, 6.07) is 6.98. The zero-order valence-electron chi connectivity index (χ0n) is 7.77. The van der Waals surface area contributed by atoms with Crippen LogP contribution in [0.15, 0.2) is 29.1 Å². The number of nitrogens with zero attached hydrogens (tertiary/aromatic N) is 2. The van der Waals surface area contributed by atoms with Crippen LogP contribution in [0.2, 0.25) is 5.02 Å². The zero-order chi connectivity index (χ0) is 10.8. The Morgan fingerprint density at radius 3 is 2.80 bits per heavy atom. The molecule has 0 saturated carbocycles. The Kier molecular flexibility index (Phi) is 2.57. The summed E-state index contributed by atoms with van der Waals surface area (Å²) in [4.78, 5) is 14.0. The lowest BCUT2D eigenvalue weighted by molar-refractivity contribution is 0.813. The Hall–Kier alpha value is -1.59. The quantitative estimate of drug-likeness (QED) is 0.787. The van der Waals surface area contributed by atoms with Crippen LogP contribution in [0, 0.1) is 0 Å². The van der Waals surface area contributed by atoms with E-state index >= 15 is 0 Å². The number of halogens is 1. The third-order valence-electron chi connectivity index (χ3n) is 1.94. The van der Waals surface area contributed by atoms with Crippen molar-refractivity contribution in [3.8, 4) is 5.69 Å². The summed E-state index contributed by atoms with van der Waals surface area (Å²) in [5, 5.41) is 4.47. The minimum absolute atomic E-state index is 0.187. The van der Waals surface area contributed by atoms with E-state index in [9.17, 15) is 4.79 Å². The molecule has 0 unspecified atom stereocenters. The number of benzene rings is 1. The molecule has 1 heterocycles. The molecule has 2 rings (SSSR count). The lowest BCUT2D eigenvalue weighted by atomic mass is 10.3. The van der Waals surface area contributed by atoms with E-state index in [1.54, 1.807) is 24.3 Å². The second-order valence-electron chi connectivity index (χ2n) is 2.94. The van der Waals surface area contributed by atoms with Crippen LogP contribution in [0.4, 0.5) is 0 Å². The highest BCUT2D eigenvalue weighted by Crippen LogP contribution is 2.16. The van der Waals surface area contributed by atoms with Crippen molar-refractivity contribution < 1.29 is 0 Å². The van der Waals surface area contributed by atoms with Gasteiger partial charge in [0.2, 0.25) is 0 Å². The summed E-state index contributed by atoms with van der Waals surface area (Å²) >= 11 is 5.94. The average molecular weight is 225 g/mol. The SMILES string of the molecule is NCc1nn(-c2ccccc2Cl)c(=O)[nH]1. The maximum atomic E-state index is 11.5. The van der Waals surface area contributed by atoms with Gasteiger partial charge in [-0.2, -0.15) is 4.68 Å². The molecule has 6 heteroatoms. The smallest absolute Gasteiger partial charge is 0.324 e. The van der Waals surface area contributed by atoms with Gasteiger partial charge in [-0.1, -0.05) is 23.7 Å². The van der Waals surface area contributed by atoms with Crippen molar-refractivity contribution in [2.24, 2.45) is 5.73 Å². The molecule has 0 aliphatic carbocycles. The van der Waals surface area contributed by atoms with E-state index in [1.807, 2.05) is 0 Å². The first-order valence-corrected chi connectivity index (χ1v) is 4.73. The summed E-state index contributed by atoms with van der Waals surface area (Å²) in [5.74, 6) is 0.430. The fraction of sp³-hybridized carbons (Fsp3) is 0.111. The molecule has 0 saturated heterocycles. The summed E-state index contributed by atoms with van der Waals surface area (Å²) in [6.07, 6.45) is 0. The van der Waals surface area contributed by atoms with Gasteiger partial charge < -0.3 is 5.73 Å². The summed E-state index contributed by atoms with van der Waals surface area (Å²) < 4.78 is 1.20. The summed E-state index contributed by atoms with van der Waals surface area (Å²) in [5.41, 5.74) is 5.57. The van der Waals surface area contributed by atoms with Crippen LogP contribution in [0.5, 0.6) is 0 Å². The largest absolute Gasteiger partial charge is 0.348 e. The van der Waals surface area contributed by atoms with Crippen molar-refractivity contribution in [1.82, 2.24) is 14.8 Å². The van der Waals surface area contributed by atoms with Crippen LogP contribution in [0.1, 0.15) is 5.82 Å². The van der Waals surface area contributed by atoms with E-state index in [0.717, 1.165) is 0 Å². The Bertz CT molecular complexity index is 531. The molecule has 0 bridgehead atoms. The second-order valence-corrected chi connectivity index (χ2v) is 3.35. The maximum Gasteiger partial charge on any atom is 0.348 e. The molecule has 0 fully saturated rings. The number of nitrogens with two attached hydrogens (primary N) is 1. The molecule has 5 nitrogen and oxygen atoms in total. The van der Waals surface area contributed by atoms with E-state index < -0.39 is 0 Å². The number of nitrogens with one attached hydrogen (secondary N) is 1. The predicted octanol–water partition coefficient (Wildman–Crippen LogP) is 0.673. The fourth-order valence-electron chi connectivity index (χ4n) is 1.25. The van der Waals surface area contributed by atoms with E-state index in [1.165, 1.54) is 4.68 Å². The molecule has 0 aliphatic heterocycles. The normalized spacial score (nSPS) is 10.5. The topological polar surface area (TPSA) is 76.7 Å². The average Bonchev–Trinajstić information content (AvgIpc) is 2.60. The number of para-hydroxylation sites is 1. The minimum atomic E-state index is -0.344. The van der Waals surface area contributed by atoms with Gasteiger partial charge in [0, 0.05) is 0 Å². The van der Waals surface area contributed by atoms with Crippen LogP contribution in [0.25, 0.3) is 5.69 Å². The van der Waals surface area contributed by atoms with Gasteiger partial charge in [-0.05, 0) is 12.1 Å². The van der Waals surface area contributed by atoms with E-state index in [0.29, 0.717) is 16.5 Å². The Balaban J connectivity index is 2.59. The van der Waals surface area contributed by atoms with E-state index in [-0.39, 0.29) is 12.2 Å². The molecule has 0 spiro atoms. The van der Waals surface area contributed by atoms with Gasteiger partial charge >= 0.3 is 5.69 Å². The third kappa shape index (κ3) is 1.79. The molecule has 3 N–H and O–H groups in total. The predicted molar refractivity (Wildman–Crippen MR) is 57.1 cm³/mol. The van der Waals surface area contributed by atoms with Gasteiger partial charge in [-0.25, -0.2) is 4.79 Å². The number of hydrogen-bond donors (Lipinski definition) is 2.